The van der Waals surface area contributed by atoms with Gasteiger partial charge in [-0.1, -0.05) is 12.8 Å². The van der Waals surface area contributed by atoms with Crippen molar-refractivity contribution in [2.75, 3.05) is 51.4 Å². The molecule has 2 rings (SSSR count). The SMILES string of the molecule is CCNC(=NCCOCCS(C)(=O)=O)NC1CCN(C2CCCC2)C1. The zero-order valence-electron chi connectivity index (χ0n) is 15.7. The fourth-order valence-electron chi connectivity index (χ4n) is 3.55. The van der Waals surface area contributed by atoms with Gasteiger partial charge in [-0.3, -0.25) is 9.89 Å². The van der Waals surface area contributed by atoms with Crippen LogP contribution in [0.1, 0.15) is 39.0 Å². The van der Waals surface area contributed by atoms with Crippen molar-refractivity contribution in [2.45, 2.75) is 51.1 Å². The molecule has 0 aromatic carbocycles. The Labute approximate surface area is 152 Å². The van der Waals surface area contributed by atoms with E-state index in [2.05, 4.69) is 27.4 Å². The third-order valence-electron chi connectivity index (χ3n) is 4.85. The van der Waals surface area contributed by atoms with Crippen LogP contribution >= 0.6 is 0 Å². The summed E-state index contributed by atoms with van der Waals surface area (Å²) in [4.78, 5) is 7.16. The van der Waals surface area contributed by atoms with Crippen LogP contribution in [0.25, 0.3) is 0 Å². The quantitative estimate of drug-likeness (QED) is 0.350. The van der Waals surface area contributed by atoms with E-state index in [0.29, 0.717) is 19.2 Å². The molecule has 1 saturated heterocycles. The Hall–Kier alpha value is -0.860. The third-order valence-corrected chi connectivity index (χ3v) is 5.76. The van der Waals surface area contributed by atoms with Gasteiger partial charge in [-0.15, -0.1) is 0 Å². The molecule has 0 bridgehead atoms. The Bertz CT molecular complexity index is 518. The van der Waals surface area contributed by atoms with Crippen LogP contribution in [0.3, 0.4) is 0 Å². The molecule has 2 N–H and O–H groups in total. The predicted octanol–water partition coefficient (Wildman–Crippen LogP) is 0.620. The molecule has 1 aliphatic carbocycles. The van der Waals surface area contributed by atoms with Gasteiger partial charge < -0.3 is 15.4 Å². The number of ether oxygens (including phenoxy) is 1. The van der Waals surface area contributed by atoms with Crippen LogP contribution in [0.2, 0.25) is 0 Å². The van der Waals surface area contributed by atoms with Gasteiger partial charge in [-0.2, -0.15) is 0 Å². The lowest BCUT2D eigenvalue weighted by atomic mass is 10.2. The van der Waals surface area contributed by atoms with E-state index in [1.165, 1.54) is 38.5 Å². The number of guanidine groups is 1. The molecule has 1 aliphatic heterocycles. The van der Waals surface area contributed by atoms with Crippen LogP contribution in [0.5, 0.6) is 0 Å². The van der Waals surface area contributed by atoms with E-state index in [1.807, 2.05) is 0 Å². The lowest BCUT2D eigenvalue weighted by Gasteiger charge is -2.24. The number of rotatable bonds is 9. The summed E-state index contributed by atoms with van der Waals surface area (Å²) in [6, 6.07) is 1.24. The molecular formula is C17H34N4O3S. The number of aliphatic imine (C=N–C) groups is 1. The lowest BCUT2D eigenvalue weighted by Crippen LogP contribution is -2.45. The molecule has 0 amide bonds. The number of hydrogen-bond acceptors (Lipinski definition) is 5. The van der Waals surface area contributed by atoms with Gasteiger partial charge in [0, 0.05) is 38.0 Å². The van der Waals surface area contributed by atoms with E-state index in [-0.39, 0.29) is 12.4 Å². The summed E-state index contributed by atoms with van der Waals surface area (Å²) in [5.41, 5.74) is 0. The minimum absolute atomic E-state index is 0.0636. The number of likely N-dealkylation sites (tertiary alicyclic amines) is 1. The molecule has 1 saturated carbocycles. The fourth-order valence-corrected chi connectivity index (χ4v) is 3.97. The first kappa shape index (κ1) is 20.5. The van der Waals surface area contributed by atoms with Crippen molar-refractivity contribution in [3.8, 4) is 0 Å². The zero-order valence-corrected chi connectivity index (χ0v) is 16.5. The van der Waals surface area contributed by atoms with E-state index in [9.17, 15) is 8.42 Å². The van der Waals surface area contributed by atoms with Crippen molar-refractivity contribution >= 4 is 15.8 Å². The molecule has 1 heterocycles. The van der Waals surface area contributed by atoms with Crippen molar-refractivity contribution in [1.29, 1.82) is 0 Å². The molecule has 1 unspecified atom stereocenters. The smallest absolute Gasteiger partial charge is 0.191 e. The molecule has 7 nitrogen and oxygen atoms in total. The fraction of sp³-hybridized carbons (Fsp3) is 0.941. The van der Waals surface area contributed by atoms with E-state index >= 15 is 0 Å². The average Bonchev–Trinajstić information content (AvgIpc) is 3.20. The zero-order chi connectivity index (χ0) is 18.1. The van der Waals surface area contributed by atoms with Crippen LogP contribution < -0.4 is 10.6 Å². The van der Waals surface area contributed by atoms with Gasteiger partial charge in [-0.25, -0.2) is 8.42 Å². The van der Waals surface area contributed by atoms with Gasteiger partial charge in [0.05, 0.1) is 25.5 Å². The highest BCUT2D eigenvalue weighted by Crippen LogP contribution is 2.26. The number of nitrogens with one attached hydrogen (secondary N) is 2. The Morgan fingerprint density at radius 3 is 2.68 bits per heavy atom. The van der Waals surface area contributed by atoms with Crippen molar-refractivity contribution in [3.63, 3.8) is 0 Å². The normalized spacial score (nSPS) is 23.3. The Balaban J connectivity index is 1.68. The maximum Gasteiger partial charge on any atom is 0.191 e. The highest BCUT2D eigenvalue weighted by molar-refractivity contribution is 7.90. The van der Waals surface area contributed by atoms with E-state index in [1.54, 1.807) is 0 Å². The molecule has 0 radical (unpaired) electrons. The molecule has 2 aliphatic rings. The second kappa shape index (κ2) is 10.3. The van der Waals surface area contributed by atoms with Crippen LogP contribution in [0.15, 0.2) is 4.99 Å². The summed E-state index contributed by atoms with van der Waals surface area (Å²) in [7, 11) is -2.95. The monoisotopic (exact) mass is 374 g/mol. The van der Waals surface area contributed by atoms with E-state index in [0.717, 1.165) is 31.5 Å². The lowest BCUT2D eigenvalue weighted by molar-refractivity contribution is 0.157. The minimum Gasteiger partial charge on any atom is -0.378 e. The molecule has 0 aromatic heterocycles. The van der Waals surface area contributed by atoms with Gasteiger partial charge in [0.2, 0.25) is 0 Å². The Morgan fingerprint density at radius 1 is 1.24 bits per heavy atom. The first-order valence-corrected chi connectivity index (χ1v) is 11.6. The summed E-state index contributed by atoms with van der Waals surface area (Å²) in [6.45, 7) is 6.34. The van der Waals surface area contributed by atoms with Crippen LogP contribution in [0, 0.1) is 0 Å². The highest BCUT2D eigenvalue weighted by Gasteiger charge is 2.30. The molecule has 8 heteroatoms. The Kier molecular flexibility index (Phi) is 8.45. The predicted molar refractivity (Wildman–Crippen MR) is 102 cm³/mol. The highest BCUT2D eigenvalue weighted by atomic mass is 32.2. The van der Waals surface area contributed by atoms with Crippen LogP contribution in [0.4, 0.5) is 0 Å². The van der Waals surface area contributed by atoms with E-state index in [4.69, 9.17) is 4.74 Å². The molecule has 146 valence electrons. The summed E-state index contributed by atoms with van der Waals surface area (Å²) < 4.78 is 27.4. The third kappa shape index (κ3) is 7.92. The molecule has 1 atom stereocenters. The van der Waals surface area contributed by atoms with E-state index < -0.39 is 9.84 Å². The first-order chi connectivity index (χ1) is 12.0. The second-order valence-corrected chi connectivity index (χ2v) is 9.33. The Morgan fingerprint density at radius 2 is 2.00 bits per heavy atom. The largest absolute Gasteiger partial charge is 0.378 e. The van der Waals surface area contributed by atoms with Gasteiger partial charge in [0.25, 0.3) is 0 Å². The maximum atomic E-state index is 11.0. The second-order valence-electron chi connectivity index (χ2n) is 7.07. The molecule has 25 heavy (non-hydrogen) atoms. The molecule has 0 aromatic rings. The van der Waals surface area contributed by atoms with Gasteiger partial charge >= 0.3 is 0 Å². The molecule has 2 fully saturated rings. The van der Waals surface area contributed by atoms with Crippen molar-refractivity contribution in [2.24, 2.45) is 4.99 Å². The average molecular weight is 375 g/mol. The van der Waals surface area contributed by atoms with Gasteiger partial charge in [-0.05, 0) is 26.2 Å². The summed E-state index contributed by atoms with van der Waals surface area (Å²) in [5, 5.41) is 6.81. The minimum atomic E-state index is -2.95. The number of sulfone groups is 1. The van der Waals surface area contributed by atoms with Gasteiger partial charge in [0.15, 0.2) is 5.96 Å². The van der Waals surface area contributed by atoms with Crippen LogP contribution in [-0.4, -0.2) is 82.8 Å². The maximum absolute atomic E-state index is 11.0. The van der Waals surface area contributed by atoms with Gasteiger partial charge in [0.1, 0.15) is 9.84 Å². The first-order valence-electron chi connectivity index (χ1n) is 9.52. The summed E-state index contributed by atoms with van der Waals surface area (Å²) >= 11 is 0. The summed E-state index contributed by atoms with van der Waals surface area (Å²) in [6.07, 6.45) is 7.84. The van der Waals surface area contributed by atoms with Crippen molar-refractivity contribution in [1.82, 2.24) is 15.5 Å². The number of hydrogen-bond donors (Lipinski definition) is 2. The molecular weight excluding hydrogens is 340 g/mol. The molecule has 0 spiro atoms. The number of nitrogens with zero attached hydrogens (tertiary/aromatic N) is 2. The standard InChI is InChI=1S/C17H34N4O3S/c1-3-18-17(19-9-11-24-12-13-25(2,22)23)20-15-8-10-21(14-15)16-6-4-5-7-16/h15-16H,3-14H2,1-2H3,(H2,18,19,20). The van der Waals surface area contributed by atoms with Crippen molar-refractivity contribution < 1.29 is 13.2 Å². The topological polar surface area (TPSA) is 83.0 Å². The van der Waals surface area contributed by atoms with Crippen molar-refractivity contribution in [3.05, 3.63) is 0 Å². The summed E-state index contributed by atoms with van der Waals surface area (Å²) in [5.74, 6) is 0.890. The van der Waals surface area contributed by atoms with Crippen LogP contribution in [-0.2, 0) is 14.6 Å².